The van der Waals surface area contributed by atoms with Gasteiger partial charge >= 0.3 is 0 Å². The fraction of sp³-hybridized carbons (Fsp3) is 0.333. The van der Waals surface area contributed by atoms with E-state index in [4.69, 9.17) is 26.8 Å². The molecule has 0 aliphatic carbocycles. The summed E-state index contributed by atoms with van der Waals surface area (Å²) in [5.74, 6) is 1.10. The molecule has 1 aromatic heterocycles. The Hall–Kier alpha value is -2.16. The molecular formula is C15H18N2O5S. The number of hydrogen-bond donors (Lipinski definition) is 3. The molecular weight excluding hydrogens is 320 g/mol. The number of nitrogens with zero attached hydrogens (tertiary/aromatic N) is 1. The van der Waals surface area contributed by atoms with Crippen LogP contribution in [-0.2, 0) is 6.54 Å². The van der Waals surface area contributed by atoms with E-state index >= 15 is 0 Å². The van der Waals surface area contributed by atoms with Gasteiger partial charge in [0.2, 0.25) is 0 Å². The second kappa shape index (κ2) is 7.40. The monoisotopic (exact) mass is 338 g/mol. The second-order valence-corrected chi connectivity index (χ2v) is 5.22. The topological polar surface area (TPSA) is 96.7 Å². The van der Waals surface area contributed by atoms with Crippen molar-refractivity contribution in [1.82, 2.24) is 9.55 Å². The Balaban J connectivity index is 2.67. The molecule has 1 aromatic carbocycles. The molecule has 8 heteroatoms. The number of benzene rings is 1. The van der Waals surface area contributed by atoms with Gasteiger partial charge in [0, 0.05) is 17.7 Å². The van der Waals surface area contributed by atoms with Gasteiger partial charge < -0.3 is 24.3 Å². The lowest BCUT2D eigenvalue weighted by molar-refractivity contribution is 0.0808. The van der Waals surface area contributed by atoms with Gasteiger partial charge in [0.05, 0.1) is 39.2 Å². The van der Waals surface area contributed by atoms with Crippen LogP contribution in [0.25, 0.3) is 11.3 Å². The minimum atomic E-state index is -1.00. The molecule has 0 aliphatic heterocycles. The Kier molecular flexibility index (Phi) is 5.54. The molecule has 0 saturated heterocycles. The molecule has 2 rings (SSSR count). The Morgan fingerprint density at radius 2 is 2.04 bits per heavy atom. The maximum absolute atomic E-state index is 11.8. The van der Waals surface area contributed by atoms with E-state index in [0.717, 1.165) is 0 Å². The summed E-state index contributed by atoms with van der Waals surface area (Å²) < 4.78 is 12.2. The number of methoxy groups -OCH3 is 2. The Morgan fingerprint density at radius 1 is 1.30 bits per heavy atom. The van der Waals surface area contributed by atoms with Crippen molar-refractivity contribution in [3.05, 3.63) is 39.4 Å². The van der Waals surface area contributed by atoms with E-state index in [1.165, 1.54) is 13.2 Å². The number of aliphatic hydroxyl groups is 2. The van der Waals surface area contributed by atoms with Crippen LogP contribution in [-0.4, -0.2) is 46.7 Å². The van der Waals surface area contributed by atoms with Gasteiger partial charge in [-0.3, -0.25) is 9.78 Å². The number of ether oxygens (including phenoxy) is 2. The summed E-state index contributed by atoms with van der Waals surface area (Å²) in [5, 5.41) is 18.8. The molecule has 2 aromatic rings. The zero-order valence-electron chi connectivity index (χ0n) is 12.8. The average molecular weight is 338 g/mol. The van der Waals surface area contributed by atoms with Crippen LogP contribution in [0.4, 0.5) is 0 Å². The van der Waals surface area contributed by atoms with Crippen LogP contribution < -0.4 is 15.0 Å². The summed E-state index contributed by atoms with van der Waals surface area (Å²) in [7, 11) is 3.05. The van der Waals surface area contributed by atoms with Gasteiger partial charge in [0.25, 0.3) is 5.56 Å². The SMILES string of the molecule is COc1ccc(-c2cc(=O)[nH]c(=S)n2CC(O)CO)c(OC)c1. The van der Waals surface area contributed by atoms with Crippen molar-refractivity contribution in [2.24, 2.45) is 0 Å². The minimum Gasteiger partial charge on any atom is -0.497 e. The summed E-state index contributed by atoms with van der Waals surface area (Å²) >= 11 is 5.17. The second-order valence-electron chi connectivity index (χ2n) is 4.84. The van der Waals surface area contributed by atoms with Crippen molar-refractivity contribution in [2.75, 3.05) is 20.8 Å². The standard InChI is InChI=1S/C15H18N2O5S/c1-21-10-3-4-11(13(5-10)22-2)12-6-14(20)16-15(23)17(12)7-9(19)8-18/h3-6,9,18-19H,7-8H2,1-2H3,(H,16,20,23). The molecule has 1 atom stereocenters. The molecule has 7 nitrogen and oxygen atoms in total. The van der Waals surface area contributed by atoms with Crippen LogP contribution in [0.5, 0.6) is 11.5 Å². The third kappa shape index (κ3) is 3.79. The largest absolute Gasteiger partial charge is 0.497 e. The highest BCUT2D eigenvalue weighted by molar-refractivity contribution is 7.71. The van der Waals surface area contributed by atoms with Gasteiger partial charge in [-0.05, 0) is 24.4 Å². The van der Waals surface area contributed by atoms with Crippen molar-refractivity contribution in [3.8, 4) is 22.8 Å². The number of rotatable bonds is 6. The van der Waals surface area contributed by atoms with Gasteiger partial charge in [-0.15, -0.1) is 0 Å². The van der Waals surface area contributed by atoms with E-state index in [0.29, 0.717) is 22.8 Å². The number of nitrogens with one attached hydrogen (secondary N) is 1. The molecule has 0 bridgehead atoms. The van der Waals surface area contributed by atoms with Crippen molar-refractivity contribution < 1.29 is 19.7 Å². The normalized spacial score (nSPS) is 12.0. The van der Waals surface area contributed by atoms with Crippen molar-refractivity contribution in [2.45, 2.75) is 12.6 Å². The van der Waals surface area contributed by atoms with Gasteiger partial charge in [0.1, 0.15) is 11.5 Å². The first-order valence-corrected chi connectivity index (χ1v) is 7.26. The Labute approximate surface area is 137 Å². The average Bonchev–Trinajstić information content (AvgIpc) is 2.56. The van der Waals surface area contributed by atoms with E-state index < -0.39 is 12.7 Å². The predicted molar refractivity (Wildman–Crippen MR) is 87.5 cm³/mol. The molecule has 0 aliphatic rings. The third-order valence-corrected chi connectivity index (χ3v) is 3.65. The molecule has 23 heavy (non-hydrogen) atoms. The third-order valence-electron chi connectivity index (χ3n) is 3.32. The first-order chi connectivity index (χ1) is 11.0. The van der Waals surface area contributed by atoms with E-state index in [1.807, 2.05) is 0 Å². The van der Waals surface area contributed by atoms with Gasteiger partial charge in [0.15, 0.2) is 4.77 Å². The summed E-state index contributed by atoms with van der Waals surface area (Å²) in [6, 6.07) is 6.52. The summed E-state index contributed by atoms with van der Waals surface area (Å²) in [4.78, 5) is 14.3. The summed E-state index contributed by atoms with van der Waals surface area (Å²) in [5.41, 5.74) is 0.735. The van der Waals surface area contributed by atoms with E-state index in [1.54, 1.807) is 29.9 Å². The minimum absolute atomic E-state index is 0.0383. The number of H-pyrrole nitrogens is 1. The van der Waals surface area contributed by atoms with E-state index in [2.05, 4.69) is 4.98 Å². The molecule has 0 spiro atoms. The molecule has 0 fully saturated rings. The molecule has 0 amide bonds. The molecule has 3 N–H and O–H groups in total. The zero-order chi connectivity index (χ0) is 17.0. The lowest BCUT2D eigenvalue weighted by Gasteiger charge is -2.18. The number of aromatic amines is 1. The van der Waals surface area contributed by atoms with Crippen LogP contribution in [0.1, 0.15) is 0 Å². The highest BCUT2D eigenvalue weighted by Crippen LogP contribution is 2.32. The quantitative estimate of drug-likeness (QED) is 0.679. The fourth-order valence-corrected chi connectivity index (χ4v) is 2.48. The highest BCUT2D eigenvalue weighted by Gasteiger charge is 2.15. The van der Waals surface area contributed by atoms with Crippen LogP contribution >= 0.6 is 12.2 Å². The molecule has 1 heterocycles. The summed E-state index contributed by atoms with van der Waals surface area (Å²) in [6.07, 6.45) is -1.00. The van der Waals surface area contributed by atoms with Crippen molar-refractivity contribution >= 4 is 12.2 Å². The molecule has 0 saturated carbocycles. The van der Waals surface area contributed by atoms with Crippen LogP contribution in [0.15, 0.2) is 29.1 Å². The maximum Gasteiger partial charge on any atom is 0.252 e. The molecule has 124 valence electrons. The summed E-state index contributed by atoms with van der Waals surface area (Å²) in [6.45, 7) is -0.378. The highest BCUT2D eigenvalue weighted by atomic mass is 32.1. The van der Waals surface area contributed by atoms with Crippen molar-refractivity contribution in [3.63, 3.8) is 0 Å². The van der Waals surface area contributed by atoms with Crippen molar-refractivity contribution in [1.29, 1.82) is 0 Å². The smallest absolute Gasteiger partial charge is 0.252 e. The Morgan fingerprint density at radius 3 is 2.65 bits per heavy atom. The lowest BCUT2D eigenvalue weighted by Crippen LogP contribution is -2.24. The number of aliphatic hydroxyl groups excluding tert-OH is 2. The van der Waals surface area contributed by atoms with Gasteiger partial charge in [-0.25, -0.2) is 0 Å². The lowest BCUT2D eigenvalue weighted by atomic mass is 10.1. The van der Waals surface area contributed by atoms with Crippen LogP contribution in [0.3, 0.4) is 0 Å². The fourth-order valence-electron chi connectivity index (χ4n) is 2.20. The molecule has 1 unspecified atom stereocenters. The number of hydrogen-bond acceptors (Lipinski definition) is 6. The van der Waals surface area contributed by atoms with Crippen LogP contribution in [0.2, 0.25) is 0 Å². The Bertz CT molecular complexity index is 799. The van der Waals surface area contributed by atoms with E-state index in [9.17, 15) is 9.90 Å². The van der Waals surface area contributed by atoms with E-state index in [-0.39, 0.29) is 16.9 Å². The predicted octanol–water partition coefficient (Wildman–Crippen LogP) is 0.943. The first-order valence-electron chi connectivity index (χ1n) is 6.85. The van der Waals surface area contributed by atoms with Gasteiger partial charge in [-0.2, -0.15) is 0 Å². The molecule has 0 radical (unpaired) electrons. The van der Waals surface area contributed by atoms with Gasteiger partial charge in [-0.1, -0.05) is 0 Å². The zero-order valence-corrected chi connectivity index (χ0v) is 13.6. The van der Waals surface area contributed by atoms with Crippen LogP contribution in [0, 0.1) is 4.77 Å². The first kappa shape index (κ1) is 17.2. The maximum atomic E-state index is 11.8. The number of aromatic nitrogens is 2.